The highest BCUT2D eigenvalue weighted by Gasteiger charge is 2.28. The molecule has 0 radical (unpaired) electrons. The summed E-state index contributed by atoms with van der Waals surface area (Å²) in [6.45, 7) is 3.65. The van der Waals surface area contributed by atoms with Crippen LogP contribution in [0.1, 0.15) is 30.9 Å². The minimum atomic E-state index is -0.348. The Balaban J connectivity index is 1.82. The standard InChI is InChI=1S/C15H20FN3/c1-11(19(2)15-3-4-15)9-18-10-13-5-12(8-17)6-14(16)7-13/h5-7,11,15,18H,3-4,9-10H2,1-2H3. The number of halogens is 1. The molecule has 1 N–H and O–H groups in total. The molecule has 1 aromatic rings. The molecule has 0 heterocycles. The van der Waals surface area contributed by atoms with Gasteiger partial charge in [-0.2, -0.15) is 5.26 Å². The number of nitrogens with zero attached hydrogens (tertiary/aromatic N) is 2. The minimum absolute atomic E-state index is 0.348. The fourth-order valence-corrected chi connectivity index (χ4v) is 2.23. The molecular weight excluding hydrogens is 241 g/mol. The zero-order chi connectivity index (χ0) is 13.8. The van der Waals surface area contributed by atoms with E-state index in [0.717, 1.165) is 18.2 Å². The third-order valence-corrected chi connectivity index (χ3v) is 3.67. The van der Waals surface area contributed by atoms with Gasteiger partial charge in [0.25, 0.3) is 0 Å². The highest BCUT2D eigenvalue weighted by Crippen LogP contribution is 2.26. The normalized spacial score (nSPS) is 16.4. The summed E-state index contributed by atoms with van der Waals surface area (Å²) in [6, 6.07) is 7.65. The van der Waals surface area contributed by atoms with E-state index in [4.69, 9.17) is 5.26 Å². The number of hydrogen-bond acceptors (Lipinski definition) is 3. The molecule has 1 unspecified atom stereocenters. The van der Waals surface area contributed by atoms with Crippen LogP contribution in [0.25, 0.3) is 0 Å². The molecule has 1 aliphatic carbocycles. The van der Waals surface area contributed by atoms with Crippen molar-refractivity contribution in [2.75, 3.05) is 13.6 Å². The summed E-state index contributed by atoms with van der Waals surface area (Å²) >= 11 is 0. The average Bonchev–Trinajstić information content (AvgIpc) is 3.21. The van der Waals surface area contributed by atoms with E-state index in [-0.39, 0.29) is 5.82 Å². The number of rotatable bonds is 6. The zero-order valence-electron chi connectivity index (χ0n) is 11.5. The molecule has 4 heteroatoms. The molecule has 1 saturated carbocycles. The van der Waals surface area contributed by atoms with Crippen molar-refractivity contribution in [3.63, 3.8) is 0 Å². The van der Waals surface area contributed by atoms with Crippen molar-refractivity contribution < 1.29 is 4.39 Å². The van der Waals surface area contributed by atoms with Gasteiger partial charge in [0.2, 0.25) is 0 Å². The second kappa shape index (κ2) is 6.14. The Kier molecular flexibility index (Phi) is 4.52. The fraction of sp³-hybridized carbons (Fsp3) is 0.533. The van der Waals surface area contributed by atoms with Crippen LogP contribution in [0.2, 0.25) is 0 Å². The van der Waals surface area contributed by atoms with Gasteiger partial charge in [-0.25, -0.2) is 4.39 Å². The van der Waals surface area contributed by atoms with Crippen LogP contribution in [0.3, 0.4) is 0 Å². The lowest BCUT2D eigenvalue weighted by atomic mass is 10.1. The minimum Gasteiger partial charge on any atom is -0.311 e. The van der Waals surface area contributed by atoms with Gasteiger partial charge in [0, 0.05) is 25.2 Å². The summed E-state index contributed by atoms with van der Waals surface area (Å²) in [4.78, 5) is 2.39. The third kappa shape index (κ3) is 4.02. The van der Waals surface area contributed by atoms with Crippen LogP contribution in [0.15, 0.2) is 18.2 Å². The Morgan fingerprint density at radius 1 is 1.47 bits per heavy atom. The Morgan fingerprint density at radius 2 is 2.21 bits per heavy atom. The van der Waals surface area contributed by atoms with Crippen molar-refractivity contribution >= 4 is 0 Å². The second-order valence-corrected chi connectivity index (χ2v) is 5.34. The molecule has 1 fully saturated rings. The van der Waals surface area contributed by atoms with Gasteiger partial charge in [0.05, 0.1) is 11.6 Å². The molecule has 0 amide bonds. The predicted molar refractivity (Wildman–Crippen MR) is 73.1 cm³/mol. The summed E-state index contributed by atoms with van der Waals surface area (Å²) in [6.07, 6.45) is 2.60. The van der Waals surface area contributed by atoms with Crippen molar-refractivity contribution in [2.45, 2.75) is 38.4 Å². The van der Waals surface area contributed by atoms with Gasteiger partial charge < -0.3 is 5.32 Å². The SMILES string of the molecule is CC(CNCc1cc(F)cc(C#N)c1)N(C)C1CC1. The number of nitrogens with one attached hydrogen (secondary N) is 1. The molecular formula is C15H20FN3. The monoisotopic (exact) mass is 261 g/mol. The lowest BCUT2D eigenvalue weighted by Crippen LogP contribution is -2.38. The maximum atomic E-state index is 13.3. The van der Waals surface area contributed by atoms with Crippen LogP contribution in [0.5, 0.6) is 0 Å². The first-order valence-electron chi connectivity index (χ1n) is 6.72. The largest absolute Gasteiger partial charge is 0.311 e. The topological polar surface area (TPSA) is 39.1 Å². The van der Waals surface area contributed by atoms with Crippen molar-refractivity contribution in [3.8, 4) is 6.07 Å². The number of benzene rings is 1. The molecule has 0 bridgehead atoms. The van der Waals surface area contributed by atoms with E-state index in [1.54, 1.807) is 6.07 Å². The molecule has 1 aliphatic rings. The van der Waals surface area contributed by atoms with Crippen molar-refractivity contribution in [1.29, 1.82) is 5.26 Å². The van der Waals surface area contributed by atoms with Gasteiger partial charge in [-0.15, -0.1) is 0 Å². The fourth-order valence-electron chi connectivity index (χ4n) is 2.23. The van der Waals surface area contributed by atoms with Crippen LogP contribution >= 0.6 is 0 Å². The molecule has 102 valence electrons. The summed E-state index contributed by atoms with van der Waals surface area (Å²) in [7, 11) is 2.15. The van der Waals surface area contributed by atoms with E-state index in [1.807, 2.05) is 6.07 Å². The first kappa shape index (κ1) is 14.0. The van der Waals surface area contributed by atoms with E-state index >= 15 is 0 Å². The Hall–Kier alpha value is -1.44. The average molecular weight is 261 g/mol. The molecule has 0 spiro atoms. The van der Waals surface area contributed by atoms with E-state index in [2.05, 4.69) is 24.2 Å². The van der Waals surface area contributed by atoms with Crippen LogP contribution in [0, 0.1) is 17.1 Å². The van der Waals surface area contributed by atoms with E-state index in [1.165, 1.54) is 25.0 Å². The number of nitriles is 1. The smallest absolute Gasteiger partial charge is 0.124 e. The molecule has 1 atom stereocenters. The predicted octanol–water partition coefficient (Wildman–Crippen LogP) is 2.27. The number of likely N-dealkylation sites (N-methyl/N-ethyl adjacent to an activating group) is 1. The third-order valence-electron chi connectivity index (χ3n) is 3.67. The summed E-state index contributed by atoms with van der Waals surface area (Å²) < 4.78 is 13.3. The van der Waals surface area contributed by atoms with Gasteiger partial charge in [-0.3, -0.25) is 4.90 Å². The quantitative estimate of drug-likeness (QED) is 0.854. The lowest BCUT2D eigenvalue weighted by Gasteiger charge is -2.24. The van der Waals surface area contributed by atoms with Gasteiger partial charge in [-0.1, -0.05) is 0 Å². The van der Waals surface area contributed by atoms with E-state index in [9.17, 15) is 4.39 Å². The molecule has 3 nitrogen and oxygen atoms in total. The molecule has 1 aromatic carbocycles. The highest BCUT2D eigenvalue weighted by atomic mass is 19.1. The maximum Gasteiger partial charge on any atom is 0.124 e. The molecule has 0 aromatic heterocycles. The van der Waals surface area contributed by atoms with Crippen molar-refractivity contribution in [2.24, 2.45) is 0 Å². The summed E-state index contributed by atoms with van der Waals surface area (Å²) in [5, 5.41) is 12.1. The molecule has 0 aliphatic heterocycles. The van der Waals surface area contributed by atoms with E-state index < -0.39 is 0 Å². The summed E-state index contributed by atoms with van der Waals surface area (Å²) in [5.41, 5.74) is 1.19. The second-order valence-electron chi connectivity index (χ2n) is 5.34. The van der Waals surface area contributed by atoms with Crippen molar-refractivity contribution in [3.05, 3.63) is 35.1 Å². The van der Waals surface area contributed by atoms with Gasteiger partial charge in [0.15, 0.2) is 0 Å². The van der Waals surface area contributed by atoms with Crippen LogP contribution in [0.4, 0.5) is 4.39 Å². The Morgan fingerprint density at radius 3 is 2.84 bits per heavy atom. The number of hydrogen-bond donors (Lipinski definition) is 1. The first-order valence-corrected chi connectivity index (χ1v) is 6.72. The highest BCUT2D eigenvalue weighted by molar-refractivity contribution is 5.33. The molecule has 0 saturated heterocycles. The molecule has 2 rings (SSSR count). The first-order chi connectivity index (χ1) is 9.10. The van der Waals surface area contributed by atoms with Gasteiger partial charge in [0.1, 0.15) is 5.82 Å². The molecule has 19 heavy (non-hydrogen) atoms. The summed E-state index contributed by atoms with van der Waals surface area (Å²) in [5.74, 6) is -0.348. The zero-order valence-corrected chi connectivity index (χ0v) is 11.5. The Labute approximate surface area is 114 Å². The van der Waals surface area contributed by atoms with Crippen LogP contribution in [-0.4, -0.2) is 30.6 Å². The Bertz CT molecular complexity index is 477. The van der Waals surface area contributed by atoms with Crippen LogP contribution < -0.4 is 5.32 Å². The van der Waals surface area contributed by atoms with Gasteiger partial charge in [-0.05, 0) is 50.6 Å². The maximum absolute atomic E-state index is 13.3. The van der Waals surface area contributed by atoms with Crippen LogP contribution in [-0.2, 0) is 6.54 Å². The van der Waals surface area contributed by atoms with Crippen molar-refractivity contribution in [1.82, 2.24) is 10.2 Å². The van der Waals surface area contributed by atoms with Gasteiger partial charge >= 0.3 is 0 Å². The van der Waals surface area contributed by atoms with E-state index in [0.29, 0.717) is 18.2 Å². The lowest BCUT2D eigenvalue weighted by molar-refractivity contribution is 0.241.